The highest BCUT2D eigenvalue weighted by atomic mass is 16.6. The molecule has 0 saturated carbocycles. The van der Waals surface area contributed by atoms with E-state index in [1.165, 1.54) is 6.07 Å². The van der Waals surface area contributed by atoms with Crippen LogP contribution < -0.4 is 20.7 Å². The van der Waals surface area contributed by atoms with Gasteiger partial charge in [0.1, 0.15) is 11.2 Å². The molecule has 2 heterocycles. The SMILES string of the molecule is CCOC(=O)c1cn2c(cc1=O)-c1cc(OC)c(OCCCCCCCCN(N)C(=O)OC(C)(C)C)cc1CC2C(C)(C)C. The first-order valence-electron chi connectivity index (χ1n) is 15.7. The number of fused-ring (bicyclic) bond motifs is 3. The van der Waals surface area contributed by atoms with Gasteiger partial charge in [0, 0.05) is 30.4 Å². The van der Waals surface area contributed by atoms with Crippen LogP contribution in [-0.2, 0) is 15.9 Å². The smallest absolute Gasteiger partial charge is 0.424 e. The Balaban J connectivity index is 1.60. The number of hydrogen-bond donors (Lipinski definition) is 1. The van der Waals surface area contributed by atoms with Gasteiger partial charge in [-0.05, 0) is 70.1 Å². The number of carbonyl (C=O) groups excluding carboxylic acids is 2. The molecule has 1 amide bonds. The molecular formula is C34H51N3O7. The van der Waals surface area contributed by atoms with Gasteiger partial charge < -0.3 is 23.5 Å². The molecule has 0 spiro atoms. The lowest BCUT2D eigenvalue weighted by Crippen LogP contribution is -2.41. The third-order valence-electron chi connectivity index (χ3n) is 7.67. The minimum absolute atomic E-state index is 0.00973. The molecule has 1 atom stereocenters. The van der Waals surface area contributed by atoms with Crippen LogP contribution in [-0.4, -0.2) is 54.1 Å². The number of rotatable bonds is 13. The Hall–Kier alpha value is -3.53. The quantitative estimate of drug-likeness (QED) is 0.0873. The van der Waals surface area contributed by atoms with E-state index in [-0.39, 0.29) is 29.1 Å². The van der Waals surface area contributed by atoms with Gasteiger partial charge in [-0.3, -0.25) is 4.79 Å². The molecule has 0 bridgehead atoms. The lowest BCUT2D eigenvalue weighted by Gasteiger charge is -2.39. The highest BCUT2D eigenvalue weighted by molar-refractivity contribution is 5.89. The van der Waals surface area contributed by atoms with E-state index in [0.717, 1.165) is 60.4 Å². The van der Waals surface area contributed by atoms with Crippen molar-refractivity contribution in [2.45, 2.75) is 105 Å². The summed E-state index contributed by atoms with van der Waals surface area (Å²) in [6.07, 6.45) is 7.72. The van der Waals surface area contributed by atoms with E-state index >= 15 is 0 Å². The number of pyridine rings is 1. The standard InChI is InChI=1S/C34H51N3O7/c1-9-42-31(39)25-22-36-26(21-27(25)38)24-20-28(41-8)29(18-23(24)19-30(36)33(2,3)4)43-17-15-13-11-10-12-14-16-37(35)32(40)44-34(5,6)7/h18,20-22,30H,9-17,19,35H2,1-8H3. The van der Waals surface area contributed by atoms with Crippen molar-refractivity contribution in [1.29, 1.82) is 0 Å². The molecule has 3 rings (SSSR count). The summed E-state index contributed by atoms with van der Waals surface area (Å²) in [7, 11) is 1.61. The molecule has 2 N–H and O–H groups in total. The molecule has 44 heavy (non-hydrogen) atoms. The average molecular weight is 614 g/mol. The first-order chi connectivity index (χ1) is 20.7. The molecule has 1 unspecified atom stereocenters. The highest BCUT2D eigenvalue weighted by Crippen LogP contribution is 2.45. The van der Waals surface area contributed by atoms with Crippen LogP contribution >= 0.6 is 0 Å². The average Bonchev–Trinajstić information content (AvgIpc) is 2.93. The number of ether oxygens (including phenoxy) is 4. The molecule has 1 aromatic heterocycles. The fourth-order valence-corrected chi connectivity index (χ4v) is 5.38. The van der Waals surface area contributed by atoms with Gasteiger partial charge in [0.25, 0.3) is 0 Å². The lowest BCUT2D eigenvalue weighted by atomic mass is 9.78. The van der Waals surface area contributed by atoms with Crippen molar-refractivity contribution in [3.8, 4) is 22.8 Å². The van der Waals surface area contributed by atoms with Gasteiger partial charge >= 0.3 is 12.1 Å². The largest absolute Gasteiger partial charge is 0.493 e. The van der Waals surface area contributed by atoms with Crippen molar-refractivity contribution in [2.75, 3.05) is 26.9 Å². The molecule has 1 aromatic carbocycles. The van der Waals surface area contributed by atoms with Crippen molar-refractivity contribution < 1.29 is 28.5 Å². The molecule has 0 fully saturated rings. The third-order valence-corrected chi connectivity index (χ3v) is 7.67. The second-order valence-corrected chi connectivity index (χ2v) is 13.5. The second kappa shape index (κ2) is 15.0. The van der Waals surface area contributed by atoms with Crippen molar-refractivity contribution in [3.63, 3.8) is 0 Å². The number of hydrogen-bond acceptors (Lipinski definition) is 8. The number of carbonyl (C=O) groups is 2. The Morgan fingerprint density at radius 3 is 2.25 bits per heavy atom. The Kier molecular flexibility index (Phi) is 11.9. The first kappa shape index (κ1) is 35.0. The number of aromatic nitrogens is 1. The van der Waals surface area contributed by atoms with E-state index < -0.39 is 17.7 Å². The number of amides is 1. The fraction of sp³-hybridized carbons (Fsp3) is 0.618. The number of hydrazine groups is 1. The summed E-state index contributed by atoms with van der Waals surface area (Å²) in [4.78, 5) is 37.4. The Labute approximate surface area is 261 Å². The summed E-state index contributed by atoms with van der Waals surface area (Å²) in [5, 5.41) is 1.15. The number of nitrogens with zero attached hydrogens (tertiary/aromatic N) is 2. The zero-order valence-corrected chi connectivity index (χ0v) is 27.8. The predicted molar refractivity (Wildman–Crippen MR) is 171 cm³/mol. The number of unbranched alkanes of at least 4 members (excludes halogenated alkanes) is 5. The predicted octanol–water partition coefficient (Wildman–Crippen LogP) is 6.67. The van der Waals surface area contributed by atoms with E-state index in [0.29, 0.717) is 31.1 Å². The van der Waals surface area contributed by atoms with Crippen LogP contribution in [0, 0.1) is 5.41 Å². The Bertz CT molecular complexity index is 1350. The summed E-state index contributed by atoms with van der Waals surface area (Å²) in [6.45, 7) is 14.9. The van der Waals surface area contributed by atoms with Crippen LogP contribution in [0.25, 0.3) is 11.3 Å². The van der Waals surface area contributed by atoms with Gasteiger partial charge in [-0.1, -0.05) is 46.5 Å². The van der Waals surface area contributed by atoms with Gasteiger partial charge in [-0.25, -0.2) is 20.4 Å². The number of methoxy groups -OCH3 is 1. The second-order valence-electron chi connectivity index (χ2n) is 13.5. The topological polar surface area (TPSA) is 122 Å². The van der Waals surface area contributed by atoms with Gasteiger partial charge in [-0.15, -0.1) is 0 Å². The molecule has 0 saturated heterocycles. The van der Waals surface area contributed by atoms with Gasteiger partial charge in [0.2, 0.25) is 0 Å². The fourth-order valence-electron chi connectivity index (χ4n) is 5.38. The Morgan fingerprint density at radius 1 is 0.977 bits per heavy atom. The molecule has 1 aliphatic heterocycles. The van der Waals surface area contributed by atoms with Crippen molar-refractivity contribution in [1.82, 2.24) is 9.58 Å². The summed E-state index contributed by atoms with van der Waals surface area (Å²) in [5.74, 6) is 6.49. The molecule has 10 nitrogen and oxygen atoms in total. The summed E-state index contributed by atoms with van der Waals surface area (Å²) in [5.41, 5.74) is 1.69. The molecule has 244 valence electrons. The number of benzene rings is 1. The van der Waals surface area contributed by atoms with Crippen LogP contribution in [0.1, 0.15) is 109 Å². The van der Waals surface area contributed by atoms with Gasteiger partial charge in [0.15, 0.2) is 16.9 Å². The normalized spacial score (nSPS) is 14.3. The minimum Gasteiger partial charge on any atom is -0.493 e. The molecule has 1 aliphatic rings. The van der Waals surface area contributed by atoms with Crippen LogP contribution in [0.15, 0.2) is 29.2 Å². The third kappa shape index (κ3) is 9.24. The van der Waals surface area contributed by atoms with Crippen molar-refractivity contribution >= 4 is 12.1 Å². The maximum absolute atomic E-state index is 13.0. The minimum atomic E-state index is -0.604. The highest BCUT2D eigenvalue weighted by Gasteiger charge is 2.34. The van der Waals surface area contributed by atoms with Crippen LogP contribution in [0.2, 0.25) is 0 Å². The summed E-state index contributed by atoms with van der Waals surface area (Å²) >= 11 is 0. The van der Waals surface area contributed by atoms with E-state index in [1.54, 1.807) is 20.2 Å². The van der Waals surface area contributed by atoms with E-state index in [1.807, 2.05) is 37.5 Å². The van der Waals surface area contributed by atoms with E-state index in [4.69, 9.17) is 24.8 Å². The van der Waals surface area contributed by atoms with Crippen molar-refractivity contribution in [2.24, 2.45) is 11.3 Å². The maximum Gasteiger partial charge on any atom is 0.424 e. The molecule has 2 aromatic rings. The van der Waals surface area contributed by atoms with Crippen LogP contribution in [0.3, 0.4) is 0 Å². The molecule has 0 aliphatic carbocycles. The van der Waals surface area contributed by atoms with Gasteiger partial charge in [-0.2, -0.15) is 0 Å². The Morgan fingerprint density at radius 2 is 1.64 bits per heavy atom. The zero-order chi connectivity index (χ0) is 32.7. The van der Waals surface area contributed by atoms with E-state index in [9.17, 15) is 14.4 Å². The first-order valence-corrected chi connectivity index (χ1v) is 15.7. The monoisotopic (exact) mass is 613 g/mol. The van der Waals surface area contributed by atoms with Gasteiger partial charge in [0.05, 0.1) is 26.0 Å². The molecule has 0 radical (unpaired) electrons. The lowest BCUT2D eigenvalue weighted by molar-refractivity contribution is 0.0244. The number of esters is 1. The summed E-state index contributed by atoms with van der Waals surface area (Å²) < 4.78 is 24.4. The zero-order valence-electron chi connectivity index (χ0n) is 27.8. The van der Waals surface area contributed by atoms with Crippen LogP contribution in [0.4, 0.5) is 4.79 Å². The maximum atomic E-state index is 13.0. The number of nitrogens with two attached hydrogens (primary N) is 1. The van der Waals surface area contributed by atoms with E-state index in [2.05, 4.69) is 20.8 Å². The molecule has 10 heteroatoms. The van der Waals surface area contributed by atoms with Crippen molar-refractivity contribution in [3.05, 3.63) is 45.7 Å². The summed E-state index contributed by atoms with van der Waals surface area (Å²) in [6, 6.07) is 5.50. The molecular weight excluding hydrogens is 562 g/mol. The van der Waals surface area contributed by atoms with Crippen LogP contribution in [0.5, 0.6) is 11.5 Å².